The van der Waals surface area contributed by atoms with E-state index < -0.39 is 11.6 Å². The molecular weight excluding hydrogens is 386 g/mol. The maximum absolute atomic E-state index is 14.5. The lowest BCUT2D eigenvalue weighted by atomic mass is 10.1. The Morgan fingerprint density at radius 3 is 2.80 bits per heavy atom. The fourth-order valence-corrected chi connectivity index (χ4v) is 4.01. The second kappa shape index (κ2) is 7.53. The van der Waals surface area contributed by atoms with E-state index >= 15 is 0 Å². The molecule has 0 saturated carbocycles. The first kappa shape index (κ1) is 18.7. The monoisotopic (exact) mass is 408 g/mol. The average molecular weight is 408 g/mol. The number of benzene rings is 1. The van der Waals surface area contributed by atoms with Crippen molar-refractivity contribution in [3.63, 3.8) is 0 Å². The molecule has 3 aromatic heterocycles. The van der Waals surface area contributed by atoms with E-state index in [1.165, 1.54) is 6.07 Å². The lowest BCUT2D eigenvalue weighted by molar-refractivity contribution is 0.343. The van der Waals surface area contributed by atoms with Crippen LogP contribution in [0.1, 0.15) is 24.4 Å². The van der Waals surface area contributed by atoms with Crippen LogP contribution in [0, 0.1) is 18.6 Å². The van der Waals surface area contributed by atoms with E-state index in [-0.39, 0.29) is 0 Å². The highest BCUT2D eigenvalue weighted by Gasteiger charge is 2.17. The van der Waals surface area contributed by atoms with E-state index in [0.717, 1.165) is 43.4 Å². The third-order valence-corrected chi connectivity index (χ3v) is 5.64. The summed E-state index contributed by atoms with van der Waals surface area (Å²) in [4.78, 5) is 4.44. The van der Waals surface area contributed by atoms with Crippen LogP contribution in [0.15, 0.2) is 49.1 Å². The van der Waals surface area contributed by atoms with Crippen molar-refractivity contribution in [1.82, 2.24) is 24.5 Å². The van der Waals surface area contributed by atoms with Gasteiger partial charge in [0.05, 0.1) is 29.3 Å². The molecule has 0 atom stereocenters. The molecule has 30 heavy (non-hydrogen) atoms. The number of piperidine rings is 1. The molecule has 1 aromatic carbocycles. The van der Waals surface area contributed by atoms with Gasteiger partial charge in [0.1, 0.15) is 11.6 Å². The van der Waals surface area contributed by atoms with Crippen molar-refractivity contribution in [2.45, 2.75) is 25.8 Å². The maximum atomic E-state index is 14.5. The van der Waals surface area contributed by atoms with Gasteiger partial charge in [0.15, 0.2) is 5.65 Å². The number of fused-ring (bicyclic) bond motifs is 1. The van der Waals surface area contributed by atoms with E-state index in [4.69, 9.17) is 0 Å². The van der Waals surface area contributed by atoms with Crippen LogP contribution in [0.2, 0.25) is 0 Å². The first-order chi connectivity index (χ1) is 14.6. The second-order valence-electron chi connectivity index (χ2n) is 7.65. The molecule has 0 unspecified atom stereocenters. The summed E-state index contributed by atoms with van der Waals surface area (Å²) in [6, 6.07) is 6.52. The Labute approximate surface area is 172 Å². The summed E-state index contributed by atoms with van der Waals surface area (Å²) < 4.78 is 32.0. The van der Waals surface area contributed by atoms with Crippen molar-refractivity contribution in [2.24, 2.45) is 0 Å². The molecule has 1 fully saturated rings. The van der Waals surface area contributed by atoms with Gasteiger partial charge in [0.2, 0.25) is 0 Å². The van der Waals surface area contributed by atoms with Gasteiger partial charge in [-0.3, -0.25) is 9.08 Å². The Morgan fingerprint density at radius 2 is 1.97 bits per heavy atom. The van der Waals surface area contributed by atoms with Crippen LogP contribution in [-0.4, -0.2) is 32.3 Å². The predicted molar refractivity (Wildman–Crippen MR) is 112 cm³/mol. The van der Waals surface area contributed by atoms with Crippen LogP contribution < -0.4 is 10.6 Å². The SMILES string of the molecule is Cc1cc(-c2ccc(Nc3cnn(C4CCNCC4)c3)c3nccn23)c(F)cc1F. The Kier molecular flexibility index (Phi) is 4.71. The quantitative estimate of drug-likeness (QED) is 0.524. The molecule has 8 heteroatoms. The number of halogens is 2. The fourth-order valence-electron chi connectivity index (χ4n) is 4.01. The van der Waals surface area contributed by atoms with Crippen molar-refractivity contribution < 1.29 is 8.78 Å². The molecule has 0 bridgehead atoms. The smallest absolute Gasteiger partial charge is 0.161 e. The van der Waals surface area contributed by atoms with Gasteiger partial charge in [-0.2, -0.15) is 5.10 Å². The highest BCUT2D eigenvalue weighted by atomic mass is 19.1. The number of imidazole rings is 1. The number of pyridine rings is 1. The van der Waals surface area contributed by atoms with Crippen LogP contribution >= 0.6 is 0 Å². The number of nitrogens with zero attached hydrogens (tertiary/aromatic N) is 4. The van der Waals surface area contributed by atoms with Gasteiger partial charge in [-0.05, 0) is 56.6 Å². The van der Waals surface area contributed by atoms with Crippen molar-refractivity contribution in [1.29, 1.82) is 0 Å². The van der Waals surface area contributed by atoms with Gasteiger partial charge < -0.3 is 10.6 Å². The van der Waals surface area contributed by atoms with E-state index in [9.17, 15) is 8.78 Å². The Balaban J connectivity index is 1.48. The summed E-state index contributed by atoms with van der Waals surface area (Å²) in [6.07, 6.45) is 9.36. The summed E-state index contributed by atoms with van der Waals surface area (Å²) in [7, 11) is 0. The van der Waals surface area contributed by atoms with Crippen LogP contribution in [-0.2, 0) is 0 Å². The minimum atomic E-state index is -0.600. The van der Waals surface area contributed by atoms with Crippen LogP contribution in [0.3, 0.4) is 0 Å². The van der Waals surface area contributed by atoms with Gasteiger partial charge in [0.25, 0.3) is 0 Å². The van der Waals surface area contributed by atoms with Crippen molar-refractivity contribution >= 4 is 17.0 Å². The molecule has 0 aliphatic carbocycles. The third kappa shape index (κ3) is 3.33. The number of hydrogen-bond acceptors (Lipinski definition) is 4. The summed E-state index contributed by atoms with van der Waals surface area (Å²) in [5, 5.41) is 11.2. The number of hydrogen-bond donors (Lipinski definition) is 2. The Bertz CT molecular complexity index is 1210. The van der Waals surface area contributed by atoms with Gasteiger partial charge in [-0.25, -0.2) is 13.8 Å². The first-order valence-corrected chi connectivity index (χ1v) is 10.0. The lowest BCUT2D eigenvalue weighted by Gasteiger charge is -2.22. The van der Waals surface area contributed by atoms with Gasteiger partial charge in [-0.15, -0.1) is 0 Å². The molecule has 0 radical (unpaired) electrons. The summed E-state index contributed by atoms with van der Waals surface area (Å²) in [6.45, 7) is 3.63. The third-order valence-electron chi connectivity index (χ3n) is 5.64. The number of rotatable bonds is 4. The minimum Gasteiger partial charge on any atom is -0.350 e. The van der Waals surface area contributed by atoms with Gasteiger partial charge in [0, 0.05) is 30.2 Å². The van der Waals surface area contributed by atoms with E-state index in [2.05, 4.69) is 20.7 Å². The molecular formula is C22H22F2N6. The topological polar surface area (TPSA) is 59.2 Å². The zero-order valence-corrected chi connectivity index (χ0v) is 16.6. The molecule has 4 heterocycles. The van der Waals surface area contributed by atoms with Crippen LogP contribution in [0.4, 0.5) is 20.2 Å². The highest BCUT2D eigenvalue weighted by molar-refractivity contribution is 5.78. The molecule has 0 amide bonds. The van der Waals surface area contributed by atoms with E-state index in [1.54, 1.807) is 29.9 Å². The molecule has 1 saturated heterocycles. The van der Waals surface area contributed by atoms with Gasteiger partial charge in [-0.1, -0.05) is 0 Å². The maximum Gasteiger partial charge on any atom is 0.161 e. The van der Waals surface area contributed by atoms with E-state index in [0.29, 0.717) is 28.5 Å². The summed E-state index contributed by atoms with van der Waals surface area (Å²) in [5.41, 5.74) is 3.65. The van der Waals surface area contributed by atoms with Gasteiger partial charge >= 0.3 is 0 Å². The second-order valence-corrected chi connectivity index (χ2v) is 7.65. The molecule has 0 spiro atoms. The number of anilines is 2. The van der Waals surface area contributed by atoms with E-state index in [1.807, 2.05) is 23.0 Å². The normalized spacial score (nSPS) is 15.0. The molecule has 2 N–H and O–H groups in total. The van der Waals surface area contributed by atoms with Crippen molar-refractivity contribution in [2.75, 3.05) is 18.4 Å². The number of aromatic nitrogens is 4. The molecule has 4 aromatic rings. The number of aryl methyl sites for hydroxylation is 1. The predicted octanol–water partition coefficient (Wildman–Crippen LogP) is 4.45. The van der Waals surface area contributed by atoms with Crippen molar-refractivity contribution in [3.05, 3.63) is 66.3 Å². The average Bonchev–Trinajstić information content (AvgIpc) is 3.42. The fraction of sp³-hybridized carbons (Fsp3) is 0.273. The zero-order chi connectivity index (χ0) is 20.7. The molecule has 154 valence electrons. The Hall–Kier alpha value is -3.26. The minimum absolute atomic E-state index is 0.335. The standard InChI is InChI=1S/C22H22F2N6/c1-14-10-17(19(24)11-18(14)23)21-3-2-20(22-26-8-9-29(21)22)28-15-12-27-30(13-15)16-4-6-25-7-5-16/h2-3,8-13,16,25,28H,4-7H2,1H3. The molecule has 1 aliphatic rings. The van der Waals surface area contributed by atoms with Crippen molar-refractivity contribution in [3.8, 4) is 11.3 Å². The molecule has 1 aliphatic heterocycles. The van der Waals surface area contributed by atoms with Crippen LogP contribution in [0.5, 0.6) is 0 Å². The summed E-state index contributed by atoms with van der Waals surface area (Å²) >= 11 is 0. The molecule has 6 nitrogen and oxygen atoms in total. The molecule has 5 rings (SSSR count). The lowest BCUT2D eigenvalue weighted by Crippen LogP contribution is -2.29. The largest absolute Gasteiger partial charge is 0.350 e. The number of nitrogens with one attached hydrogen (secondary N) is 2. The first-order valence-electron chi connectivity index (χ1n) is 10.0. The Morgan fingerprint density at radius 1 is 1.13 bits per heavy atom. The zero-order valence-electron chi connectivity index (χ0n) is 16.6. The van der Waals surface area contributed by atoms with Crippen LogP contribution in [0.25, 0.3) is 16.9 Å². The highest BCUT2D eigenvalue weighted by Crippen LogP contribution is 2.30. The summed E-state index contributed by atoms with van der Waals surface area (Å²) in [5.74, 6) is -1.15.